The topological polar surface area (TPSA) is 9.23 Å². The van der Waals surface area contributed by atoms with Gasteiger partial charge < -0.3 is 4.43 Å². The maximum absolute atomic E-state index is 6.09. The van der Waals surface area contributed by atoms with Crippen molar-refractivity contribution in [2.45, 2.75) is 58.0 Å². The zero-order valence-corrected chi connectivity index (χ0v) is 14.2. The molecule has 1 atom stereocenters. The highest BCUT2D eigenvalue weighted by atomic mass is 79.9. The summed E-state index contributed by atoms with van der Waals surface area (Å²) in [6.07, 6.45) is 8.08. The molecule has 1 nitrogen and oxygen atoms in total. The fourth-order valence-electron chi connectivity index (χ4n) is 2.01. The zero-order valence-electron chi connectivity index (χ0n) is 11.6. The summed E-state index contributed by atoms with van der Waals surface area (Å²) in [4.78, 5) is 0. The van der Waals surface area contributed by atoms with Crippen molar-refractivity contribution in [1.29, 1.82) is 0 Å². The van der Waals surface area contributed by atoms with E-state index in [2.05, 4.69) is 28.8 Å². The lowest BCUT2D eigenvalue weighted by Crippen LogP contribution is -2.30. The predicted molar refractivity (Wildman–Crippen MR) is 85.8 cm³/mol. The molecule has 0 aliphatic rings. The van der Waals surface area contributed by atoms with E-state index in [9.17, 15) is 0 Å². The number of benzene rings is 1. The minimum absolute atomic E-state index is 0.995. The SMILES string of the molecule is CCCCCCCC[Si](C)(Br)Oc1ccccc1. The van der Waals surface area contributed by atoms with E-state index in [1.54, 1.807) is 0 Å². The lowest BCUT2D eigenvalue weighted by atomic mass is 10.1. The predicted octanol–water partition coefficient (Wildman–Crippen LogP) is 5.89. The third kappa shape index (κ3) is 7.22. The molecule has 0 heterocycles. The fraction of sp³-hybridized carbons (Fsp3) is 0.600. The molecule has 0 N–H and O–H groups in total. The maximum atomic E-state index is 6.09. The molecule has 1 unspecified atom stereocenters. The van der Waals surface area contributed by atoms with Gasteiger partial charge in [0.15, 0.2) is 0 Å². The first-order valence-corrected chi connectivity index (χ1v) is 11.9. The lowest BCUT2D eigenvalue weighted by molar-refractivity contribution is 0.553. The van der Waals surface area contributed by atoms with Gasteiger partial charge in [-0.05, 0) is 24.7 Å². The van der Waals surface area contributed by atoms with E-state index >= 15 is 0 Å². The van der Waals surface area contributed by atoms with Crippen LogP contribution in [0.4, 0.5) is 0 Å². The molecule has 0 radical (unpaired) electrons. The van der Waals surface area contributed by atoms with Crippen molar-refractivity contribution in [2.24, 2.45) is 0 Å². The first-order chi connectivity index (χ1) is 8.64. The van der Waals surface area contributed by atoms with Crippen molar-refractivity contribution < 1.29 is 4.43 Å². The van der Waals surface area contributed by atoms with Crippen molar-refractivity contribution in [3.05, 3.63) is 30.3 Å². The molecule has 1 aromatic rings. The second-order valence-electron chi connectivity index (χ2n) is 5.03. The molecule has 102 valence electrons. The minimum atomic E-state index is -1.70. The molecule has 0 saturated carbocycles. The van der Waals surface area contributed by atoms with Crippen molar-refractivity contribution in [3.63, 3.8) is 0 Å². The first-order valence-electron chi connectivity index (χ1n) is 7.07. The van der Waals surface area contributed by atoms with E-state index in [0.717, 1.165) is 5.75 Å². The average Bonchev–Trinajstić information content (AvgIpc) is 2.34. The molecule has 0 spiro atoms. The summed E-state index contributed by atoms with van der Waals surface area (Å²) < 4.78 is 6.09. The Bertz CT molecular complexity index is 314. The molecule has 0 bridgehead atoms. The second-order valence-corrected chi connectivity index (χ2v) is 13.0. The van der Waals surface area contributed by atoms with Gasteiger partial charge in [0, 0.05) is 0 Å². The molecule has 3 heteroatoms. The first kappa shape index (κ1) is 15.8. The zero-order chi connectivity index (χ0) is 13.3. The summed E-state index contributed by atoms with van der Waals surface area (Å²) in [6, 6.07) is 11.3. The van der Waals surface area contributed by atoms with Crippen molar-refractivity contribution in [2.75, 3.05) is 0 Å². The van der Waals surface area contributed by atoms with Gasteiger partial charge in [-0.1, -0.05) is 78.9 Å². The molecule has 0 aliphatic carbocycles. The third-order valence-electron chi connectivity index (χ3n) is 3.05. The van der Waals surface area contributed by atoms with E-state index in [1.807, 2.05) is 30.3 Å². The van der Waals surface area contributed by atoms with Crippen LogP contribution in [0.25, 0.3) is 0 Å². The highest BCUT2D eigenvalue weighted by Gasteiger charge is 2.26. The molecule has 0 fully saturated rings. The Morgan fingerprint density at radius 1 is 1.00 bits per heavy atom. The second kappa shape index (κ2) is 8.76. The van der Waals surface area contributed by atoms with Gasteiger partial charge in [0.25, 0.3) is 0 Å². The van der Waals surface area contributed by atoms with Gasteiger partial charge in [-0.3, -0.25) is 0 Å². The monoisotopic (exact) mass is 328 g/mol. The van der Waals surface area contributed by atoms with Crippen LogP contribution >= 0.6 is 15.3 Å². The molecular weight excluding hydrogens is 304 g/mol. The molecule has 1 rings (SSSR count). The van der Waals surface area contributed by atoms with E-state index in [1.165, 1.54) is 44.6 Å². The molecule has 0 saturated heterocycles. The number of halogens is 1. The van der Waals surface area contributed by atoms with Gasteiger partial charge in [-0.25, -0.2) is 0 Å². The summed E-state index contributed by atoms with van der Waals surface area (Å²) in [5.74, 6) is 0.995. The summed E-state index contributed by atoms with van der Waals surface area (Å²) in [5.41, 5.74) is 0. The van der Waals surface area contributed by atoms with Gasteiger partial charge in [0.1, 0.15) is 5.75 Å². The Morgan fingerprint density at radius 3 is 2.28 bits per heavy atom. The van der Waals surface area contributed by atoms with E-state index in [-0.39, 0.29) is 0 Å². The summed E-state index contributed by atoms with van der Waals surface area (Å²) in [6.45, 7) is 2.80. The lowest BCUT2D eigenvalue weighted by Gasteiger charge is -2.21. The molecule has 18 heavy (non-hydrogen) atoms. The fourth-order valence-corrected chi connectivity index (χ4v) is 5.02. The van der Waals surface area contributed by atoms with Gasteiger partial charge in [-0.2, -0.15) is 0 Å². The van der Waals surface area contributed by atoms with E-state index < -0.39 is 6.94 Å². The average molecular weight is 329 g/mol. The van der Waals surface area contributed by atoms with E-state index in [0.29, 0.717) is 0 Å². The standard InChI is InChI=1S/C15H25BrOSi/c1-3-4-5-6-7-11-14-18(2,16)17-15-12-9-8-10-13-15/h8-10,12-13H,3-7,11,14H2,1-2H3. The van der Waals surface area contributed by atoms with Crippen LogP contribution in [0.5, 0.6) is 5.75 Å². The van der Waals surface area contributed by atoms with Crippen molar-refractivity contribution in [1.82, 2.24) is 0 Å². The van der Waals surface area contributed by atoms with Gasteiger partial charge in [-0.15, -0.1) is 0 Å². The van der Waals surface area contributed by atoms with Gasteiger partial charge in [0.2, 0.25) is 0 Å². The Balaban J connectivity index is 2.19. The highest BCUT2D eigenvalue weighted by molar-refractivity contribution is 9.25. The number of para-hydroxylation sites is 1. The molecule has 1 aromatic carbocycles. The van der Waals surface area contributed by atoms with Crippen LogP contribution in [0.1, 0.15) is 45.4 Å². The molecule has 0 amide bonds. The normalized spacial score (nSPS) is 14.2. The molecule has 0 aromatic heterocycles. The molecular formula is C15H25BrOSi. The smallest absolute Gasteiger partial charge is 0.318 e. The molecule has 0 aliphatic heterocycles. The Kier molecular flexibility index (Phi) is 7.67. The minimum Gasteiger partial charge on any atom is -0.533 e. The Morgan fingerprint density at radius 2 is 1.61 bits per heavy atom. The summed E-state index contributed by atoms with van der Waals surface area (Å²) >= 11 is 3.82. The Labute approximate surface area is 121 Å². The van der Waals surface area contributed by atoms with Crippen LogP contribution in [0.3, 0.4) is 0 Å². The number of hydrogen-bond donors (Lipinski definition) is 0. The van der Waals surface area contributed by atoms with Gasteiger partial charge in [0.05, 0.1) is 0 Å². The Hall–Kier alpha value is -0.283. The van der Waals surface area contributed by atoms with Crippen LogP contribution in [-0.2, 0) is 0 Å². The quantitative estimate of drug-likeness (QED) is 0.312. The highest BCUT2D eigenvalue weighted by Crippen LogP contribution is 2.25. The number of unbranched alkanes of at least 4 members (excludes halogenated alkanes) is 5. The maximum Gasteiger partial charge on any atom is 0.318 e. The summed E-state index contributed by atoms with van der Waals surface area (Å²) in [5, 5.41) is 0. The van der Waals surface area contributed by atoms with Crippen molar-refractivity contribution in [3.8, 4) is 5.75 Å². The number of rotatable bonds is 9. The van der Waals surface area contributed by atoms with Crippen LogP contribution in [0.2, 0.25) is 12.6 Å². The van der Waals surface area contributed by atoms with Crippen LogP contribution in [0, 0.1) is 0 Å². The number of hydrogen-bond acceptors (Lipinski definition) is 1. The van der Waals surface area contributed by atoms with Gasteiger partial charge >= 0.3 is 6.94 Å². The van der Waals surface area contributed by atoms with E-state index in [4.69, 9.17) is 4.43 Å². The van der Waals surface area contributed by atoms with Crippen LogP contribution < -0.4 is 4.43 Å². The third-order valence-corrected chi connectivity index (χ3v) is 6.63. The summed E-state index contributed by atoms with van der Waals surface area (Å²) in [7, 11) is 0. The van der Waals surface area contributed by atoms with Crippen molar-refractivity contribution >= 4 is 22.2 Å². The van der Waals surface area contributed by atoms with Crippen LogP contribution in [-0.4, -0.2) is 6.94 Å². The van der Waals surface area contributed by atoms with Crippen LogP contribution in [0.15, 0.2) is 30.3 Å². The largest absolute Gasteiger partial charge is 0.533 e.